The van der Waals surface area contributed by atoms with E-state index in [1.165, 1.54) is 23.1 Å². The van der Waals surface area contributed by atoms with Gasteiger partial charge in [-0.05, 0) is 23.6 Å². The lowest BCUT2D eigenvalue weighted by atomic mass is 10.0. The van der Waals surface area contributed by atoms with Gasteiger partial charge in [-0.15, -0.1) is 0 Å². The number of imide groups is 1. The van der Waals surface area contributed by atoms with Crippen LogP contribution in [0.2, 0.25) is 0 Å². The van der Waals surface area contributed by atoms with Crippen LogP contribution in [-0.2, 0) is 27.3 Å². The lowest BCUT2D eigenvalue weighted by Crippen LogP contribution is -2.52. The Morgan fingerprint density at radius 3 is 2.68 bits per heavy atom. The van der Waals surface area contributed by atoms with Crippen molar-refractivity contribution in [3.63, 3.8) is 0 Å². The normalized spacial score (nSPS) is 20.5. The highest BCUT2D eigenvalue weighted by Gasteiger charge is 2.40. The van der Waals surface area contributed by atoms with Crippen LogP contribution in [0, 0.1) is 0 Å². The molecule has 1 fully saturated rings. The molecule has 1 unspecified atom stereocenters. The van der Waals surface area contributed by atoms with Gasteiger partial charge in [0.25, 0.3) is 11.8 Å². The van der Waals surface area contributed by atoms with Crippen molar-refractivity contribution in [3.05, 3.63) is 34.9 Å². The molecule has 132 valence electrons. The van der Waals surface area contributed by atoms with E-state index in [1.807, 2.05) is 0 Å². The number of nitrogens with zero attached hydrogens (tertiary/aromatic N) is 1. The molecule has 1 atom stereocenters. The van der Waals surface area contributed by atoms with E-state index in [0.29, 0.717) is 11.1 Å². The smallest absolute Gasteiger partial charge is 0.328 e. The van der Waals surface area contributed by atoms with Gasteiger partial charge >= 0.3 is 5.92 Å². The molecule has 2 aliphatic heterocycles. The molecule has 1 aromatic carbocycles. The maximum absolute atomic E-state index is 13.5. The predicted octanol–water partition coefficient (Wildman–Crippen LogP) is 0.111. The molecule has 0 radical (unpaired) electrons. The Bertz CT molecular complexity index is 794. The number of carbonyl (C=O) groups excluding carboxylic acids is 4. The number of nitrogens with two attached hydrogens (primary N) is 1. The van der Waals surface area contributed by atoms with E-state index < -0.39 is 36.1 Å². The maximum atomic E-state index is 13.5. The Balaban J connectivity index is 1.81. The summed E-state index contributed by atoms with van der Waals surface area (Å²) in [4.78, 5) is 47.7. The van der Waals surface area contributed by atoms with Crippen molar-refractivity contribution in [2.24, 2.45) is 5.73 Å². The average Bonchev–Trinajstić information content (AvgIpc) is 2.83. The number of primary amides is 1. The summed E-state index contributed by atoms with van der Waals surface area (Å²) < 4.78 is 27.0. The Morgan fingerprint density at radius 1 is 1.32 bits per heavy atom. The third kappa shape index (κ3) is 3.09. The number of rotatable bonds is 4. The van der Waals surface area contributed by atoms with E-state index in [0.717, 1.165) is 0 Å². The first-order valence-electron chi connectivity index (χ1n) is 7.63. The molecule has 4 amide bonds. The molecule has 3 rings (SSSR count). The summed E-state index contributed by atoms with van der Waals surface area (Å²) in [5, 5.41) is 2.19. The van der Waals surface area contributed by atoms with Gasteiger partial charge in [-0.25, -0.2) is 0 Å². The van der Waals surface area contributed by atoms with Gasteiger partial charge in [-0.2, -0.15) is 8.78 Å². The first-order chi connectivity index (χ1) is 11.7. The summed E-state index contributed by atoms with van der Waals surface area (Å²) in [5.41, 5.74) is 5.65. The van der Waals surface area contributed by atoms with Gasteiger partial charge in [0.1, 0.15) is 6.04 Å². The van der Waals surface area contributed by atoms with Crippen molar-refractivity contribution in [1.82, 2.24) is 10.2 Å². The van der Waals surface area contributed by atoms with Crippen molar-refractivity contribution < 1.29 is 28.0 Å². The van der Waals surface area contributed by atoms with Gasteiger partial charge < -0.3 is 10.6 Å². The van der Waals surface area contributed by atoms with E-state index in [4.69, 9.17) is 0 Å². The Hall–Kier alpha value is -2.84. The number of amides is 4. The summed E-state index contributed by atoms with van der Waals surface area (Å²) >= 11 is 0. The molecule has 0 bridgehead atoms. The minimum atomic E-state index is -3.68. The molecule has 25 heavy (non-hydrogen) atoms. The van der Waals surface area contributed by atoms with Crippen LogP contribution in [0.4, 0.5) is 8.78 Å². The summed E-state index contributed by atoms with van der Waals surface area (Å²) in [6.45, 7) is 0.0798. The molecule has 2 aliphatic rings. The van der Waals surface area contributed by atoms with Gasteiger partial charge in [-0.1, -0.05) is 12.1 Å². The highest BCUT2D eigenvalue weighted by atomic mass is 19.3. The van der Waals surface area contributed by atoms with Crippen LogP contribution in [0.5, 0.6) is 0 Å². The van der Waals surface area contributed by atoms with Crippen molar-refractivity contribution in [3.8, 4) is 0 Å². The number of fused-ring (bicyclic) bond motifs is 1. The number of benzene rings is 1. The lowest BCUT2D eigenvalue weighted by molar-refractivity contribution is -0.141. The number of piperidine rings is 1. The molecular weight excluding hydrogens is 336 g/mol. The highest BCUT2D eigenvalue weighted by Crippen LogP contribution is 2.29. The monoisotopic (exact) mass is 351 g/mol. The molecule has 0 aliphatic carbocycles. The van der Waals surface area contributed by atoms with Gasteiger partial charge in [0.2, 0.25) is 11.8 Å². The second-order valence-corrected chi connectivity index (χ2v) is 6.14. The van der Waals surface area contributed by atoms with Crippen molar-refractivity contribution in [1.29, 1.82) is 0 Å². The number of halogens is 2. The minimum absolute atomic E-state index is 0.0798. The van der Waals surface area contributed by atoms with Gasteiger partial charge in [-0.3, -0.25) is 24.5 Å². The molecule has 0 aromatic heterocycles. The van der Waals surface area contributed by atoms with Crippen LogP contribution in [0.1, 0.15) is 34.3 Å². The van der Waals surface area contributed by atoms with E-state index in [-0.39, 0.29) is 30.9 Å². The number of hydrogen-bond acceptors (Lipinski definition) is 4. The second kappa shape index (κ2) is 5.91. The molecule has 1 aromatic rings. The summed E-state index contributed by atoms with van der Waals surface area (Å²) in [6, 6.07) is 3.38. The Morgan fingerprint density at radius 2 is 2.04 bits per heavy atom. The molecule has 3 N–H and O–H groups in total. The number of hydrogen-bond donors (Lipinski definition) is 2. The van der Waals surface area contributed by atoms with Crippen molar-refractivity contribution >= 4 is 23.6 Å². The zero-order valence-corrected chi connectivity index (χ0v) is 13.1. The lowest BCUT2D eigenvalue weighted by Gasteiger charge is -2.29. The topological polar surface area (TPSA) is 110 Å². The number of alkyl halides is 2. The minimum Gasteiger partial charge on any atom is -0.364 e. The van der Waals surface area contributed by atoms with Crippen molar-refractivity contribution in [2.75, 3.05) is 0 Å². The van der Waals surface area contributed by atoms with Gasteiger partial charge in [0.15, 0.2) is 0 Å². The molecule has 0 saturated carbocycles. The third-order valence-corrected chi connectivity index (χ3v) is 4.37. The first kappa shape index (κ1) is 17.0. The van der Waals surface area contributed by atoms with Gasteiger partial charge in [0, 0.05) is 24.9 Å². The Kier molecular flexibility index (Phi) is 4.02. The fourth-order valence-corrected chi connectivity index (χ4v) is 3.08. The largest absolute Gasteiger partial charge is 0.364 e. The van der Waals surface area contributed by atoms with E-state index in [9.17, 15) is 28.0 Å². The predicted molar refractivity (Wildman–Crippen MR) is 80.3 cm³/mol. The summed E-state index contributed by atoms with van der Waals surface area (Å²) in [7, 11) is 0. The quantitative estimate of drug-likeness (QED) is 0.750. The summed E-state index contributed by atoms with van der Waals surface area (Å²) in [5.74, 6) is -6.72. The highest BCUT2D eigenvalue weighted by molar-refractivity contribution is 6.05. The third-order valence-electron chi connectivity index (χ3n) is 4.37. The molecule has 1 saturated heterocycles. The first-order valence-corrected chi connectivity index (χ1v) is 7.63. The van der Waals surface area contributed by atoms with E-state index in [2.05, 4.69) is 11.1 Å². The zero-order chi connectivity index (χ0) is 18.4. The van der Waals surface area contributed by atoms with Crippen LogP contribution in [-0.4, -0.2) is 40.5 Å². The zero-order valence-electron chi connectivity index (χ0n) is 13.1. The standard InChI is InChI=1S/C16H15F2N3O4/c17-16(18,15(19)25)6-8-1-2-10-9(5-8)7-21(14(10)24)11-3-4-12(22)20-13(11)23/h1-2,5,11H,3-4,6-7H2,(H2,19,25)(H,20,22,23). The maximum Gasteiger partial charge on any atom is 0.328 e. The summed E-state index contributed by atoms with van der Waals surface area (Å²) in [6.07, 6.45) is -0.508. The molecule has 0 spiro atoms. The number of nitrogens with one attached hydrogen (secondary N) is 1. The van der Waals surface area contributed by atoms with Crippen LogP contribution in [0.3, 0.4) is 0 Å². The molecule has 9 heteroatoms. The number of carbonyl (C=O) groups is 4. The fraction of sp³-hybridized carbons (Fsp3) is 0.375. The SMILES string of the molecule is NC(=O)C(F)(F)Cc1ccc2c(c1)CN(C1CCC(=O)NC1=O)C2=O. The van der Waals surface area contributed by atoms with Crippen molar-refractivity contribution in [2.45, 2.75) is 37.8 Å². The second-order valence-electron chi connectivity index (χ2n) is 6.14. The van der Waals surface area contributed by atoms with Crippen LogP contribution < -0.4 is 11.1 Å². The van der Waals surface area contributed by atoms with E-state index >= 15 is 0 Å². The van der Waals surface area contributed by atoms with E-state index in [1.54, 1.807) is 0 Å². The Labute approximate surface area is 141 Å². The average molecular weight is 351 g/mol. The van der Waals surface area contributed by atoms with Crippen LogP contribution in [0.15, 0.2) is 18.2 Å². The van der Waals surface area contributed by atoms with Crippen LogP contribution >= 0.6 is 0 Å². The molecule has 2 heterocycles. The fourth-order valence-electron chi connectivity index (χ4n) is 3.08. The molecular formula is C16H15F2N3O4. The van der Waals surface area contributed by atoms with Gasteiger partial charge in [0.05, 0.1) is 0 Å². The molecule has 7 nitrogen and oxygen atoms in total. The van der Waals surface area contributed by atoms with Crippen LogP contribution in [0.25, 0.3) is 0 Å².